The van der Waals surface area contributed by atoms with Gasteiger partial charge in [0, 0.05) is 24.2 Å². The minimum atomic E-state index is -0.239. The quantitative estimate of drug-likeness (QED) is 0.766. The van der Waals surface area contributed by atoms with Crippen LogP contribution in [0.25, 0.3) is 11.0 Å². The van der Waals surface area contributed by atoms with Gasteiger partial charge in [-0.15, -0.1) is 0 Å². The van der Waals surface area contributed by atoms with Crippen LogP contribution in [0.4, 0.5) is 10.2 Å². The van der Waals surface area contributed by atoms with Gasteiger partial charge in [0.15, 0.2) is 5.82 Å². The number of nitrogens with one attached hydrogen (secondary N) is 1. The monoisotopic (exact) mass is 340 g/mol. The second-order valence-corrected chi connectivity index (χ2v) is 7.04. The third kappa shape index (κ3) is 2.98. The molecule has 0 spiro atoms. The summed E-state index contributed by atoms with van der Waals surface area (Å²) in [6.07, 6.45) is 3.17. The number of aliphatic hydroxyl groups excluding tert-OH is 1. The Kier molecular flexibility index (Phi) is 3.92. The predicted molar refractivity (Wildman–Crippen MR) is 95.1 cm³/mol. The fourth-order valence-electron chi connectivity index (χ4n) is 3.78. The van der Waals surface area contributed by atoms with E-state index in [1.165, 1.54) is 12.1 Å². The van der Waals surface area contributed by atoms with E-state index in [9.17, 15) is 9.50 Å². The number of aliphatic hydroxyl groups is 1. The maximum absolute atomic E-state index is 13.1. The average Bonchev–Trinajstić information content (AvgIpc) is 3.20. The van der Waals surface area contributed by atoms with E-state index in [-0.39, 0.29) is 17.8 Å². The van der Waals surface area contributed by atoms with E-state index >= 15 is 0 Å². The summed E-state index contributed by atoms with van der Waals surface area (Å²) in [4.78, 5) is 14.3. The van der Waals surface area contributed by atoms with E-state index in [1.54, 1.807) is 18.5 Å². The molecule has 3 heterocycles. The molecule has 4 rings (SSSR count). The van der Waals surface area contributed by atoms with Gasteiger partial charge in [0.05, 0.1) is 12.1 Å². The summed E-state index contributed by atoms with van der Waals surface area (Å²) in [6.45, 7) is 3.64. The molecule has 0 bridgehead atoms. The summed E-state index contributed by atoms with van der Waals surface area (Å²) in [5, 5.41) is 10.1. The molecule has 2 N–H and O–H groups in total. The highest BCUT2D eigenvalue weighted by molar-refractivity contribution is 5.86. The van der Waals surface area contributed by atoms with Crippen molar-refractivity contribution in [2.45, 2.75) is 19.8 Å². The molecular weight excluding hydrogens is 319 g/mol. The fraction of sp³-hybridized carbons (Fsp3) is 0.368. The maximum atomic E-state index is 13.1. The molecule has 6 heteroatoms. The zero-order valence-corrected chi connectivity index (χ0v) is 14.2. The van der Waals surface area contributed by atoms with Crippen molar-refractivity contribution in [3.63, 3.8) is 0 Å². The Balaban J connectivity index is 1.60. The number of fused-ring (bicyclic) bond motifs is 1. The maximum Gasteiger partial charge on any atom is 0.156 e. The van der Waals surface area contributed by atoms with Crippen molar-refractivity contribution in [1.82, 2.24) is 15.0 Å². The molecular formula is C19H21FN4O. The summed E-state index contributed by atoms with van der Waals surface area (Å²) in [5.41, 5.74) is 3.70. The highest BCUT2D eigenvalue weighted by atomic mass is 19.1. The molecule has 1 fully saturated rings. The number of H-pyrrole nitrogens is 1. The number of nitrogens with zero attached hydrogens (tertiary/aromatic N) is 3. The van der Waals surface area contributed by atoms with Gasteiger partial charge in [-0.3, -0.25) is 0 Å². The number of aromatic amines is 1. The van der Waals surface area contributed by atoms with Crippen LogP contribution in [0.15, 0.2) is 36.7 Å². The molecule has 2 aromatic heterocycles. The summed E-state index contributed by atoms with van der Waals surface area (Å²) >= 11 is 0. The number of anilines is 1. The lowest BCUT2D eigenvalue weighted by atomic mass is 9.81. The van der Waals surface area contributed by atoms with Crippen LogP contribution in [0.1, 0.15) is 17.7 Å². The van der Waals surface area contributed by atoms with Crippen molar-refractivity contribution in [1.29, 1.82) is 0 Å². The van der Waals surface area contributed by atoms with Crippen LogP contribution in [0, 0.1) is 18.2 Å². The zero-order valence-electron chi connectivity index (χ0n) is 14.2. The smallest absolute Gasteiger partial charge is 0.156 e. The first-order valence-corrected chi connectivity index (χ1v) is 8.49. The SMILES string of the molecule is Cc1cc2ncnc(N3CCC(CO)(Cc4ccc(F)cc4)C3)c2[nH]1. The first kappa shape index (κ1) is 16.0. The van der Waals surface area contributed by atoms with Crippen LogP contribution in [-0.4, -0.2) is 39.8 Å². The molecule has 3 aromatic rings. The van der Waals surface area contributed by atoms with E-state index in [0.29, 0.717) is 6.54 Å². The third-order valence-electron chi connectivity index (χ3n) is 5.10. The Hall–Kier alpha value is -2.47. The van der Waals surface area contributed by atoms with Gasteiger partial charge in [0.1, 0.15) is 17.7 Å². The van der Waals surface area contributed by atoms with Gasteiger partial charge in [-0.25, -0.2) is 14.4 Å². The Morgan fingerprint density at radius 1 is 1.28 bits per heavy atom. The molecule has 0 amide bonds. The predicted octanol–water partition coefficient (Wildman–Crippen LogP) is 2.84. The van der Waals surface area contributed by atoms with Crippen molar-refractivity contribution in [2.75, 3.05) is 24.6 Å². The minimum absolute atomic E-state index is 0.0961. The fourth-order valence-corrected chi connectivity index (χ4v) is 3.78. The number of aromatic nitrogens is 3. The lowest BCUT2D eigenvalue weighted by Gasteiger charge is -2.27. The number of halogens is 1. The molecule has 0 radical (unpaired) electrons. The summed E-state index contributed by atoms with van der Waals surface area (Å²) in [6, 6.07) is 8.55. The first-order chi connectivity index (χ1) is 12.1. The van der Waals surface area contributed by atoms with E-state index in [0.717, 1.165) is 47.5 Å². The van der Waals surface area contributed by atoms with E-state index in [1.807, 2.05) is 13.0 Å². The van der Waals surface area contributed by atoms with Crippen LogP contribution in [0.2, 0.25) is 0 Å². The van der Waals surface area contributed by atoms with Crippen LogP contribution >= 0.6 is 0 Å². The van der Waals surface area contributed by atoms with E-state index in [2.05, 4.69) is 19.9 Å². The highest BCUT2D eigenvalue weighted by Crippen LogP contribution is 2.37. The van der Waals surface area contributed by atoms with Gasteiger partial charge in [0.25, 0.3) is 0 Å². The Morgan fingerprint density at radius 3 is 2.84 bits per heavy atom. The molecule has 1 saturated heterocycles. The molecule has 1 aromatic carbocycles. The molecule has 1 atom stereocenters. The van der Waals surface area contributed by atoms with Crippen molar-refractivity contribution in [2.24, 2.45) is 5.41 Å². The van der Waals surface area contributed by atoms with Gasteiger partial charge in [0.2, 0.25) is 0 Å². The average molecular weight is 340 g/mol. The topological polar surface area (TPSA) is 65.0 Å². The lowest BCUT2D eigenvalue weighted by Crippen LogP contribution is -2.33. The van der Waals surface area contributed by atoms with Crippen molar-refractivity contribution >= 4 is 16.9 Å². The second-order valence-electron chi connectivity index (χ2n) is 7.04. The zero-order chi connectivity index (χ0) is 17.4. The Bertz CT molecular complexity index is 892. The van der Waals surface area contributed by atoms with Gasteiger partial charge >= 0.3 is 0 Å². The van der Waals surface area contributed by atoms with Crippen molar-refractivity contribution < 1.29 is 9.50 Å². The molecule has 1 aliphatic rings. The van der Waals surface area contributed by atoms with Crippen LogP contribution in [0.5, 0.6) is 0 Å². The van der Waals surface area contributed by atoms with Crippen LogP contribution in [0.3, 0.4) is 0 Å². The number of rotatable bonds is 4. The lowest BCUT2D eigenvalue weighted by molar-refractivity contribution is 0.144. The molecule has 1 unspecified atom stereocenters. The van der Waals surface area contributed by atoms with Gasteiger partial charge < -0.3 is 15.0 Å². The first-order valence-electron chi connectivity index (χ1n) is 8.49. The summed E-state index contributed by atoms with van der Waals surface area (Å²) in [7, 11) is 0. The van der Waals surface area contributed by atoms with Crippen molar-refractivity contribution in [3.05, 3.63) is 53.7 Å². The van der Waals surface area contributed by atoms with Crippen molar-refractivity contribution in [3.8, 4) is 0 Å². The Labute approximate surface area is 145 Å². The molecule has 0 saturated carbocycles. The minimum Gasteiger partial charge on any atom is -0.396 e. The third-order valence-corrected chi connectivity index (χ3v) is 5.10. The number of hydrogen-bond acceptors (Lipinski definition) is 4. The largest absolute Gasteiger partial charge is 0.396 e. The summed E-state index contributed by atoms with van der Waals surface area (Å²) in [5.74, 6) is 0.646. The van der Waals surface area contributed by atoms with Gasteiger partial charge in [-0.05, 0) is 43.5 Å². The number of aryl methyl sites for hydroxylation is 1. The molecule has 1 aliphatic heterocycles. The molecule has 0 aliphatic carbocycles. The standard InChI is InChI=1S/C19H21FN4O/c1-13-8-16-17(23-13)18(22-12-21-16)24-7-6-19(10-24,11-25)9-14-2-4-15(20)5-3-14/h2-5,8,12,23,25H,6-7,9-11H2,1H3. The molecule has 130 valence electrons. The van der Waals surface area contributed by atoms with Gasteiger partial charge in [-0.1, -0.05) is 12.1 Å². The van der Waals surface area contributed by atoms with Crippen LogP contribution in [-0.2, 0) is 6.42 Å². The normalized spacial score (nSPS) is 20.5. The molecule has 25 heavy (non-hydrogen) atoms. The number of benzene rings is 1. The summed E-state index contributed by atoms with van der Waals surface area (Å²) < 4.78 is 13.1. The second kappa shape index (κ2) is 6.11. The van der Waals surface area contributed by atoms with Crippen LogP contribution < -0.4 is 4.90 Å². The Morgan fingerprint density at radius 2 is 2.08 bits per heavy atom. The molecule has 5 nitrogen and oxygen atoms in total. The highest BCUT2D eigenvalue weighted by Gasteiger charge is 2.39. The number of hydrogen-bond donors (Lipinski definition) is 2. The van der Waals surface area contributed by atoms with E-state index < -0.39 is 0 Å². The van der Waals surface area contributed by atoms with Gasteiger partial charge in [-0.2, -0.15) is 0 Å². The van der Waals surface area contributed by atoms with E-state index in [4.69, 9.17) is 0 Å².